The summed E-state index contributed by atoms with van der Waals surface area (Å²) >= 11 is 0. The van der Waals surface area contributed by atoms with Gasteiger partial charge < -0.3 is 9.47 Å². The fourth-order valence-corrected chi connectivity index (χ4v) is 3.01. The Bertz CT molecular complexity index is 1020. The quantitative estimate of drug-likeness (QED) is 0.587. The number of benzene rings is 2. The van der Waals surface area contributed by atoms with E-state index in [2.05, 4.69) is 0 Å². The van der Waals surface area contributed by atoms with Crippen molar-refractivity contribution in [1.82, 2.24) is 4.57 Å². The highest BCUT2D eigenvalue weighted by atomic mass is 16.6. The number of carbonyl (C=O) groups excluding carboxylic acids is 2. The molecule has 0 N–H and O–H groups in total. The van der Waals surface area contributed by atoms with Crippen LogP contribution in [0.25, 0.3) is 22.2 Å². The number of aryl methyl sites for hydroxylation is 1. The number of hydrogen-bond donors (Lipinski definition) is 0. The molecular weight excluding hydrogens is 342 g/mol. The second-order valence-corrected chi connectivity index (χ2v) is 7.43. The Morgan fingerprint density at radius 2 is 1.70 bits per heavy atom. The molecule has 0 saturated heterocycles. The smallest absolute Gasteiger partial charge is 0.419 e. The maximum absolute atomic E-state index is 13.0. The Labute approximate surface area is 158 Å². The molecule has 0 radical (unpaired) electrons. The van der Waals surface area contributed by atoms with Crippen LogP contribution in [0, 0.1) is 6.92 Å². The molecule has 0 amide bonds. The van der Waals surface area contributed by atoms with Crippen LogP contribution in [0.3, 0.4) is 0 Å². The fourth-order valence-electron chi connectivity index (χ4n) is 3.01. The molecule has 0 bridgehead atoms. The van der Waals surface area contributed by atoms with E-state index in [0.717, 1.165) is 22.2 Å². The highest BCUT2D eigenvalue weighted by molar-refractivity contribution is 6.00. The second-order valence-electron chi connectivity index (χ2n) is 7.43. The maximum atomic E-state index is 13.0. The van der Waals surface area contributed by atoms with Crippen molar-refractivity contribution in [2.45, 2.75) is 33.3 Å². The van der Waals surface area contributed by atoms with Crippen molar-refractivity contribution in [3.63, 3.8) is 0 Å². The van der Waals surface area contributed by atoms with E-state index in [1.165, 1.54) is 11.7 Å². The Hall–Kier alpha value is -3.08. The first-order valence-corrected chi connectivity index (χ1v) is 8.74. The zero-order valence-electron chi connectivity index (χ0n) is 16.2. The minimum atomic E-state index is -0.642. The van der Waals surface area contributed by atoms with Gasteiger partial charge in [-0.25, -0.2) is 14.2 Å². The van der Waals surface area contributed by atoms with Crippen LogP contribution >= 0.6 is 0 Å². The monoisotopic (exact) mass is 365 g/mol. The molecule has 0 aliphatic rings. The van der Waals surface area contributed by atoms with Crippen molar-refractivity contribution in [2.24, 2.45) is 0 Å². The van der Waals surface area contributed by atoms with Crippen molar-refractivity contribution in [1.29, 1.82) is 0 Å². The average molecular weight is 365 g/mol. The van der Waals surface area contributed by atoms with E-state index < -0.39 is 17.7 Å². The van der Waals surface area contributed by atoms with Crippen molar-refractivity contribution in [3.8, 4) is 11.3 Å². The number of ether oxygens (including phenoxy) is 2. The Kier molecular flexibility index (Phi) is 4.79. The largest absolute Gasteiger partial charge is 0.465 e. The maximum Gasteiger partial charge on any atom is 0.419 e. The van der Waals surface area contributed by atoms with Gasteiger partial charge in [0.05, 0.1) is 23.9 Å². The predicted octanol–water partition coefficient (Wildman–Crippen LogP) is 5.19. The lowest BCUT2D eigenvalue weighted by Crippen LogP contribution is -2.27. The molecule has 0 fully saturated rings. The molecular formula is C22H23NO4. The van der Waals surface area contributed by atoms with Crippen molar-refractivity contribution < 1.29 is 19.1 Å². The van der Waals surface area contributed by atoms with Crippen LogP contribution in [0.4, 0.5) is 4.79 Å². The third-order valence-electron chi connectivity index (χ3n) is 4.22. The summed E-state index contributed by atoms with van der Waals surface area (Å²) in [5.74, 6) is -0.453. The van der Waals surface area contributed by atoms with Gasteiger partial charge in [0.25, 0.3) is 0 Å². The Balaban J connectivity index is 2.28. The van der Waals surface area contributed by atoms with E-state index >= 15 is 0 Å². The van der Waals surface area contributed by atoms with Crippen LogP contribution in [0.1, 0.15) is 36.7 Å². The molecule has 1 heterocycles. The highest BCUT2D eigenvalue weighted by Gasteiger charge is 2.24. The van der Waals surface area contributed by atoms with E-state index in [0.29, 0.717) is 11.1 Å². The number of nitrogens with zero attached hydrogens (tertiary/aromatic N) is 1. The van der Waals surface area contributed by atoms with Crippen LogP contribution in [0.2, 0.25) is 0 Å². The van der Waals surface area contributed by atoms with Crippen LogP contribution < -0.4 is 0 Å². The zero-order chi connectivity index (χ0) is 19.8. The molecule has 5 heteroatoms. The highest BCUT2D eigenvalue weighted by Crippen LogP contribution is 2.32. The third kappa shape index (κ3) is 3.72. The van der Waals surface area contributed by atoms with E-state index in [1.54, 1.807) is 12.1 Å². The van der Waals surface area contributed by atoms with Gasteiger partial charge in [-0.05, 0) is 51.5 Å². The number of fused-ring (bicyclic) bond motifs is 1. The van der Waals surface area contributed by atoms with Gasteiger partial charge in [0.2, 0.25) is 0 Å². The summed E-state index contributed by atoms with van der Waals surface area (Å²) in [4.78, 5) is 25.0. The van der Waals surface area contributed by atoms with Gasteiger partial charge in [-0.15, -0.1) is 0 Å². The predicted molar refractivity (Wildman–Crippen MR) is 105 cm³/mol. The SMILES string of the molecule is COC(=O)c1ccc2cc(-c3ccccc3C)n(C(=O)OC(C)(C)C)c2c1. The first-order valence-electron chi connectivity index (χ1n) is 8.74. The van der Waals surface area contributed by atoms with E-state index in [9.17, 15) is 9.59 Å². The number of carbonyl (C=O) groups is 2. The summed E-state index contributed by atoms with van der Waals surface area (Å²) in [6.07, 6.45) is -0.488. The first kappa shape index (κ1) is 18.7. The van der Waals surface area contributed by atoms with Crippen molar-refractivity contribution >= 4 is 23.0 Å². The Morgan fingerprint density at radius 3 is 2.33 bits per heavy atom. The molecule has 3 aromatic rings. The molecule has 5 nitrogen and oxygen atoms in total. The van der Waals surface area contributed by atoms with Crippen LogP contribution in [-0.2, 0) is 9.47 Å². The van der Waals surface area contributed by atoms with Gasteiger partial charge in [-0.3, -0.25) is 0 Å². The van der Waals surface area contributed by atoms with Crippen LogP contribution in [0.15, 0.2) is 48.5 Å². The van der Waals surface area contributed by atoms with E-state index in [4.69, 9.17) is 9.47 Å². The van der Waals surface area contributed by atoms with Gasteiger partial charge in [0, 0.05) is 10.9 Å². The van der Waals surface area contributed by atoms with E-state index in [-0.39, 0.29) is 0 Å². The summed E-state index contributed by atoms with van der Waals surface area (Å²) in [7, 11) is 1.33. The summed E-state index contributed by atoms with van der Waals surface area (Å²) in [5, 5.41) is 0.840. The molecule has 3 rings (SSSR count). The summed E-state index contributed by atoms with van der Waals surface area (Å²) in [6.45, 7) is 7.46. The van der Waals surface area contributed by atoms with Crippen molar-refractivity contribution in [3.05, 3.63) is 59.7 Å². The summed E-state index contributed by atoms with van der Waals surface area (Å²) in [5.41, 5.74) is 3.03. The van der Waals surface area contributed by atoms with Crippen LogP contribution in [-0.4, -0.2) is 29.3 Å². The first-order chi connectivity index (χ1) is 12.7. The second kappa shape index (κ2) is 6.91. The number of rotatable bonds is 2. The third-order valence-corrected chi connectivity index (χ3v) is 4.22. The molecule has 27 heavy (non-hydrogen) atoms. The van der Waals surface area contributed by atoms with Gasteiger partial charge in [0.1, 0.15) is 5.60 Å². The molecule has 140 valence electrons. The normalized spacial score (nSPS) is 11.4. The number of methoxy groups -OCH3 is 1. The van der Waals surface area contributed by atoms with Crippen LogP contribution in [0.5, 0.6) is 0 Å². The lowest BCUT2D eigenvalue weighted by atomic mass is 10.1. The minimum Gasteiger partial charge on any atom is -0.465 e. The van der Waals surface area contributed by atoms with Gasteiger partial charge in [-0.2, -0.15) is 0 Å². The Morgan fingerprint density at radius 1 is 1.00 bits per heavy atom. The summed E-state index contributed by atoms with van der Waals surface area (Å²) < 4.78 is 12.0. The van der Waals surface area contributed by atoms with Gasteiger partial charge in [0.15, 0.2) is 0 Å². The molecule has 0 saturated carbocycles. The van der Waals surface area contributed by atoms with E-state index in [1.807, 2.05) is 64.1 Å². The lowest BCUT2D eigenvalue weighted by molar-refractivity contribution is 0.0544. The summed E-state index contributed by atoms with van der Waals surface area (Å²) in [6, 6.07) is 14.9. The number of aromatic nitrogens is 1. The number of hydrogen-bond acceptors (Lipinski definition) is 4. The lowest BCUT2D eigenvalue weighted by Gasteiger charge is -2.21. The number of esters is 1. The zero-order valence-corrected chi connectivity index (χ0v) is 16.2. The molecule has 0 aliphatic heterocycles. The molecule has 0 atom stereocenters. The average Bonchev–Trinajstić information content (AvgIpc) is 2.98. The molecule has 0 spiro atoms. The standard InChI is InChI=1S/C22H23NO4/c1-14-8-6-7-9-17(14)19-12-15-10-11-16(20(24)26-5)13-18(15)23(19)21(25)27-22(2,3)4/h6-13H,1-5H3. The topological polar surface area (TPSA) is 57.5 Å². The van der Waals surface area contributed by atoms with Gasteiger partial charge >= 0.3 is 12.1 Å². The molecule has 0 aliphatic carbocycles. The molecule has 2 aromatic carbocycles. The fraction of sp³-hybridized carbons (Fsp3) is 0.273. The molecule has 0 unspecified atom stereocenters. The van der Waals surface area contributed by atoms with Gasteiger partial charge in [-0.1, -0.05) is 30.3 Å². The minimum absolute atomic E-state index is 0.379. The molecule has 1 aromatic heterocycles. The van der Waals surface area contributed by atoms with Crippen molar-refractivity contribution in [2.75, 3.05) is 7.11 Å².